The second kappa shape index (κ2) is 23.8. The lowest BCUT2D eigenvalue weighted by molar-refractivity contribution is -0.149. The fraction of sp³-hybridized carbons (Fsp3) is 0.436. The van der Waals surface area contributed by atoms with Crippen LogP contribution in [-0.4, -0.2) is 124 Å². The lowest BCUT2D eigenvalue weighted by atomic mass is 9.83. The van der Waals surface area contributed by atoms with Crippen molar-refractivity contribution >= 4 is 46.8 Å². The van der Waals surface area contributed by atoms with Crippen LogP contribution in [0.1, 0.15) is 73.0 Å². The molecule has 1 aliphatic carbocycles. The van der Waals surface area contributed by atoms with E-state index in [9.17, 15) is 18.4 Å². The van der Waals surface area contributed by atoms with E-state index < -0.39 is 66.4 Å². The number of methoxy groups -OCH3 is 1. The minimum Gasteiger partial charge on any atom is -0.457 e. The highest BCUT2D eigenvalue weighted by atomic mass is 35.5. The first-order chi connectivity index (χ1) is 34.7. The Kier molecular flexibility index (Phi) is 17.3. The van der Waals surface area contributed by atoms with Gasteiger partial charge in [-0.2, -0.15) is 0 Å². The number of hydrogen-bond donors (Lipinski definition) is 1. The number of nitrogens with one attached hydrogen (secondary N) is 1. The lowest BCUT2D eigenvalue weighted by Gasteiger charge is -2.39. The highest BCUT2D eigenvalue weighted by Gasteiger charge is 2.42. The summed E-state index contributed by atoms with van der Waals surface area (Å²) in [6.07, 6.45) is 2.02. The van der Waals surface area contributed by atoms with Crippen LogP contribution in [0.3, 0.4) is 0 Å². The number of amides is 4. The van der Waals surface area contributed by atoms with E-state index >= 15 is 9.59 Å². The first kappa shape index (κ1) is 52.5. The summed E-state index contributed by atoms with van der Waals surface area (Å²) in [6.45, 7) is 3.68. The zero-order valence-electron chi connectivity index (χ0n) is 41.2. The Morgan fingerprint density at radius 2 is 1.58 bits per heavy atom. The van der Waals surface area contributed by atoms with E-state index in [1.165, 1.54) is 34.7 Å². The normalized spacial score (nSPS) is 21.6. The van der Waals surface area contributed by atoms with E-state index in [1.54, 1.807) is 56.4 Å². The number of fused-ring (bicyclic) bond motifs is 1. The predicted molar refractivity (Wildman–Crippen MR) is 273 cm³/mol. The number of aryl methyl sites for hydroxylation is 1. The molecule has 5 aromatic rings. The average molecular weight is 1030 g/mol. The number of nitrogens with zero attached hydrogens (tertiary/aromatic N) is 6. The monoisotopic (exact) mass is 1030 g/mol. The maximum atomic E-state index is 15.4. The molecule has 17 heteroatoms. The molecule has 5 atom stereocenters. The number of benzene rings is 4. The van der Waals surface area contributed by atoms with E-state index in [-0.39, 0.29) is 39.1 Å². The number of likely N-dealkylation sites (tertiary alicyclic amines) is 1. The maximum Gasteiger partial charge on any atom is 0.247 e. The van der Waals surface area contributed by atoms with Crippen molar-refractivity contribution in [1.29, 1.82) is 0 Å². The Labute approximate surface area is 430 Å². The van der Waals surface area contributed by atoms with Crippen molar-refractivity contribution in [2.45, 2.75) is 95.4 Å². The Bertz CT molecular complexity index is 2700. The molecule has 0 radical (unpaired) electrons. The first-order valence-corrected chi connectivity index (χ1v) is 25.5. The molecular weight excluding hydrogens is 964 g/mol. The van der Waals surface area contributed by atoms with Gasteiger partial charge in [0.2, 0.25) is 30.1 Å². The lowest BCUT2D eigenvalue weighted by Crippen LogP contribution is -2.59. The van der Waals surface area contributed by atoms with Crippen molar-refractivity contribution in [1.82, 2.24) is 34.5 Å². The SMILES string of the molecule is COC[C@@H]1NC(=O)[C@H](C)N(Cc2ccc(Cl)cc2Oc2ccc(-c3cnc(CN4CCCC4)n3C)cc2)C(=O)C[C@@H]([C@H]2CCc3ccccc32)C(=O)N(CCC(F)F)C[C@@H](Cc2ccc(Cl)cc2)N(C)C1=O. The number of carbonyl (C=O) groups excluding carboxylic acids is 4. The van der Waals surface area contributed by atoms with Crippen molar-refractivity contribution in [3.05, 3.63) is 135 Å². The Balaban J connectivity index is 1.14. The Hall–Kier alpha value is -5.87. The van der Waals surface area contributed by atoms with Crippen molar-refractivity contribution < 1.29 is 37.4 Å². The third-order valence-corrected chi connectivity index (χ3v) is 15.0. The van der Waals surface area contributed by atoms with Gasteiger partial charge in [-0.05, 0) is 123 Å². The highest BCUT2D eigenvalue weighted by Crippen LogP contribution is 2.42. The van der Waals surface area contributed by atoms with Gasteiger partial charge in [0.05, 0.1) is 43.5 Å². The summed E-state index contributed by atoms with van der Waals surface area (Å²) in [4.78, 5) is 71.3. The Morgan fingerprint density at radius 1 is 0.861 bits per heavy atom. The zero-order valence-corrected chi connectivity index (χ0v) is 42.8. The summed E-state index contributed by atoms with van der Waals surface area (Å²) in [6, 6.07) is 24.3. The molecular formula is C55H63Cl2F2N7O6. The molecule has 3 aliphatic rings. The summed E-state index contributed by atoms with van der Waals surface area (Å²) in [5.41, 5.74) is 5.16. The van der Waals surface area contributed by atoms with Crippen molar-refractivity contribution in [3.8, 4) is 22.8 Å². The number of hydrogen-bond acceptors (Lipinski definition) is 8. The molecule has 4 amide bonds. The number of halogens is 4. The molecule has 0 spiro atoms. The fourth-order valence-corrected chi connectivity index (χ4v) is 10.7. The van der Waals surface area contributed by atoms with Gasteiger partial charge >= 0.3 is 0 Å². The molecule has 0 saturated carbocycles. The highest BCUT2D eigenvalue weighted by molar-refractivity contribution is 6.31. The van der Waals surface area contributed by atoms with Crippen LogP contribution in [-0.2, 0) is 56.9 Å². The molecule has 3 heterocycles. The molecule has 1 N–H and O–H groups in total. The van der Waals surface area contributed by atoms with Gasteiger partial charge in [-0.3, -0.25) is 24.1 Å². The molecule has 382 valence electrons. The largest absolute Gasteiger partial charge is 0.457 e. The van der Waals surface area contributed by atoms with Crippen LogP contribution in [0.5, 0.6) is 11.5 Å². The quantitative estimate of drug-likeness (QED) is 0.110. The summed E-state index contributed by atoms with van der Waals surface area (Å²) < 4.78 is 42.5. The first-order valence-electron chi connectivity index (χ1n) is 24.7. The maximum absolute atomic E-state index is 15.4. The van der Waals surface area contributed by atoms with Gasteiger partial charge in [0.1, 0.15) is 29.4 Å². The molecule has 8 rings (SSSR count). The molecule has 0 unspecified atom stereocenters. The van der Waals surface area contributed by atoms with Gasteiger partial charge in [-0.15, -0.1) is 0 Å². The molecule has 13 nitrogen and oxygen atoms in total. The van der Waals surface area contributed by atoms with E-state index in [1.807, 2.05) is 61.8 Å². The minimum atomic E-state index is -2.72. The van der Waals surface area contributed by atoms with Gasteiger partial charge in [0.15, 0.2) is 0 Å². The van der Waals surface area contributed by atoms with Gasteiger partial charge in [-0.25, -0.2) is 13.8 Å². The van der Waals surface area contributed by atoms with Crippen LogP contribution < -0.4 is 10.1 Å². The Morgan fingerprint density at radius 3 is 2.31 bits per heavy atom. The number of carbonyl (C=O) groups is 4. The molecule has 2 aliphatic heterocycles. The van der Waals surface area contributed by atoms with Crippen LogP contribution in [0.15, 0.2) is 97.2 Å². The smallest absolute Gasteiger partial charge is 0.247 e. The topological polar surface area (TPSA) is 130 Å². The molecule has 2 saturated heterocycles. The van der Waals surface area contributed by atoms with Gasteiger partial charge < -0.3 is 34.1 Å². The van der Waals surface area contributed by atoms with E-state index in [0.29, 0.717) is 39.9 Å². The van der Waals surface area contributed by atoms with Crippen LogP contribution in [0.25, 0.3) is 11.3 Å². The second-order valence-corrected chi connectivity index (χ2v) is 20.1. The fourth-order valence-electron chi connectivity index (χ4n) is 10.4. The summed E-state index contributed by atoms with van der Waals surface area (Å²) in [5.74, 6) is -1.80. The second-order valence-electron chi connectivity index (χ2n) is 19.2. The van der Waals surface area contributed by atoms with Gasteiger partial charge in [-0.1, -0.05) is 65.7 Å². The molecule has 0 bridgehead atoms. The molecule has 72 heavy (non-hydrogen) atoms. The average Bonchev–Trinajstić information content (AvgIpc) is 4.14. The standard InChI is InChI=1S/C55H63Cl2F2N7O6/c1-35-53(68)61-47(34-71-4)55(70)62(2)42(27-36-11-17-40(56)18-12-36)32-65(26-23-50(58)59)54(69)46(45-22-16-37-9-5-6-10-44(37)45)29-52(67)66(35)31-39-13-19-41(57)28-49(39)72-43-20-14-38(15-21-43)48-30-60-51(63(48)3)33-64-24-7-8-25-64/h5-6,9-15,17-21,28,30,35,42,45-47,50H,7-8,16,22-27,29,31-34H2,1-4H3,(H,61,68)/t35-,42+,45-,46-,47-/m0/s1. The van der Waals surface area contributed by atoms with Crippen LogP contribution in [0, 0.1) is 5.92 Å². The van der Waals surface area contributed by atoms with Crippen molar-refractivity contribution in [2.24, 2.45) is 13.0 Å². The molecule has 4 aromatic carbocycles. The summed E-state index contributed by atoms with van der Waals surface area (Å²) in [7, 11) is 4.99. The third-order valence-electron chi connectivity index (χ3n) is 14.5. The summed E-state index contributed by atoms with van der Waals surface area (Å²) >= 11 is 12.8. The van der Waals surface area contributed by atoms with Crippen LogP contribution in [0.4, 0.5) is 8.78 Å². The molecule has 2 fully saturated rings. The summed E-state index contributed by atoms with van der Waals surface area (Å²) in [5, 5.41) is 3.75. The number of imidazole rings is 1. The number of rotatable bonds is 15. The molecule has 1 aromatic heterocycles. The zero-order chi connectivity index (χ0) is 51.1. The van der Waals surface area contributed by atoms with Crippen molar-refractivity contribution in [2.75, 3.05) is 46.9 Å². The third kappa shape index (κ3) is 12.5. The van der Waals surface area contributed by atoms with E-state index in [4.69, 9.17) is 37.7 Å². The van der Waals surface area contributed by atoms with Gasteiger partial charge in [0, 0.05) is 68.3 Å². The van der Waals surface area contributed by atoms with Crippen LogP contribution in [0.2, 0.25) is 10.0 Å². The minimum absolute atomic E-state index is 0.127. The number of likely N-dealkylation sites (N-methyl/N-ethyl adjacent to an activating group) is 1. The van der Waals surface area contributed by atoms with E-state index in [2.05, 4.69) is 14.8 Å². The predicted octanol–water partition coefficient (Wildman–Crippen LogP) is 8.93. The van der Waals surface area contributed by atoms with Crippen LogP contribution >= 0.6 is 23.2 Å². The number of ether oxygens (including phenoxy) is 2. The van der Waals surface area contributed by atoms with Crippen molar-refractivity contribution in [3.63, 3.8) is 0 Å². The number of aromatic nitrogens is 2. The number of alkyl halides is 2. The van der Waals surface area contributed by atoms with Gasteiger partial charge in [0.25, 0.3) is 0 Å². The van der Waals surface area contributed by atoms with E-state index in [0.717, 1.165) is 53.4 Å².